The predicted molar refractivity (Wildman–Crippen MR) is 142 cm³/mol. The summed E-state index contributed by atoms with van der Waals surface area (Å²) in [4.78, 5) is 38.6. The number of amides is 1. The van der Waals surface area contributed by atoms with E-state index in [1.165, 1.54) is 19.3 Å². The molecule has 3 saturated carbocycles. The van der Waals surface area contributed by atoms with Crippen LogP contribution in [0, 0.1) is 28.6 Å². The fraction of sp³-hybridized carbons (Fsp3) is 0.581. The van der Waals surface area contributed by atoms with E-state index in [0.29, 0.717) is 24.8 Å². The van der Waals surface area contributed by atoms with Crippen LogP contribution < -0.4 is 5.32 Å². The van der Waals surface area contributed by atoms with Crippen LogP contribution in [-0.4, -0.2) is 58.4 Å². The molecule has 3 fully saturated rings. The maximum Gasteiger partial charge on any atom is 0.328 e. The normalized spacial score (nSPS) is 41.5. The van der Waals surface area contributed by atoms with E-state index in [2.05, 4.69) is 5.32 Å². The average molecular weight is 540 g/mol. The Morgan fingerprint density at radius 3 is 2.56 bits per heavy atom. The molecule has 39 heavy (non-hydrogen) atoms. The lowest BCUT2D eigenvalue weighted by atomic mass is 9.44. The van der Waals surface area contributed by atoms with Crippen LogP contribution in [0.2, 0.25) is 0 Å². The van der Waals surface area contributed by atoms with Crippen LogP contribution in [0.15, 0.2) is 54.1 Å². The van der Waals surface area contributed by atoms with Gasteiger partial charge in [-0.2, -0.15) is 0 Å². The Morgan fingerprint density at radius 1 is 1.21 bits per heavy atom. The molecule has 0 bridgehead atoms. The van der Waals surface area contributed by atoms with Gasteiger partial charge in [-0.05, 0) is 62.2 Å². The number of nitrogens with one attached hydrogen (secondary N) is 1. The van der Waals surface area contributed by atoms with Crippen LogP contribution in [0.5, 0.6) is 0 Å². The molecule has 0 spiro atoms. The Kier molecular flexibility index (Phi) is 6.66. The van der Waals surface area contributed by atoms with Gasteiger partial charge in [0.15, 0.2) is 17.1 Å². The Balaban J connectivity index is 1.48. The number of ether oxygens (including phenoxy) is 1. The smallest absolute Gasteiger partial charge is 0.328 e. The van der Waals surface area contributed by atoms with Crippen molar-refractivity contribution in [1.29, 1.82) is 0 Å². The first-order valence-corrected chi connectivity index (χ1v) is 13.8. The molecule has 4 aliphatic rings. The summed E-state index contributed by atoms with van der Waals surface area (Å²) in [6.07, 6.45) is 4.32. The van der Waals surface area contributed by atoms with Crippen molar-refractivity contribution >= 4 is 17.7 Å². The number of carbonyl (C=O) groups excluding carboxylic acids is 3. The minimum atomic E-state index is -2.05. The van der Waals surface area contributed by atoms with E-state index < -0.39 is 63.9 Å². The number of aliphatic hydroxyl groups excluding tert-OH is 1. The fourth-order valence-electron chi connectivity index (χ4n) is 8.48. The zero-order valence-electron chi connectivity index (χ0n) is 22.9. The highest BCUT2D eigenvalue weighted by atomic mass is 19.1. The van der Waals surface area contributed by atoms with Crippen molar-refractivity contribution in [3.8, 4) is 0 Å². The molecule has 1 aromatic carbocycles. The molecule has 0 heterocycles. The minimum Gasteiger partial charge on any atom is -0.467 e. The van der Waals surface area contributed by atoms with Crippen molar-refractivity contribution < 1.29 is 33.7 Å². The summed E-state index contributed by atoms with van der Waals surface area (Å²) >= 11 is 0. The number of hydrogen-bond donors (Lipinski definition) is 3. The van der Waals surface area contributed by atoms with E-state index in [-0.39, 0.29) is 18.6 Å². The van der Waals surface area contributed by atoms with Crippen LogP contribution >= 0.6 is 0 Å². The van der Waals surface area contributed by atoms with Crippen LogP contribution in [0.4, 0.5) is 4.39 Å². The van der Waals surface area contributed by atoms with Crippen molar-refractivity contribution in [3.63, 3.8) is 0 Å². The second-order valence-electron chi connectivity index (χ2n) is 12.4. The third-order valence-electron chi connectivity index (χ3n) is 10.6. The van der Waals surface area contributed by atoms with Gasteiger partial charge in [0.05, 0.1) is 13.2 Å². The fourth-order valence-corrected chi connectivity index (χ4v) is 8.48. The minimum absolute atomic E-state index is 0.134. The summed E-state index contributed by atoms with van der Waals surface area (Å²) in [5, 5.41) is 26.5. The number of methoxy groups -OCH3 is 1. The summed E-state index contributed by atoms with van der Waals surface area (Å²) in [7, 11) is 1.24. The molecule has 3 N–H and O–H groups in total. The maximum absolute atomic E-state index is 17.4. The molecule has 0 radical (unpaired) electrons. The van der Waals surface area contributed by atoms with Gasteiger partial charge in [0, 0.05) is 23.2 Å². The Bertz CT molecular complexity index is 1250. The number of alkyl halides is 1. The van der Waals surface area contributed by atoms with Crippen LogP contribution in [0.25, 0.3) is 0 Å². The number of hydrogen-bond acceptors (Lipinski definition) is 6. The predicted octanol–water partition coefficient (Wildman–Crippen LogP) is 3.23. The molecule has 0 aliphatic heterocycles. The van der Waals surface area contributed by atoms with Gasteiger partial charge in [-0.3, -0.25) is 9.59 Å². The van der Waals surface area contributed by atoms with Gasteiger partial charge < -0.3 is 20.3 Å². The van der Waals surface area contributed by atoms with Crippen LogP contribution in [0.3, 0.4) is 0 Å². The first-order valence-electron chi connectivity index (χ1n) is 13.8. The van der Waals surface area contributed by atoms with Crippen LogP contribution in [-0.2, 0) is 25.5 Å². The average Bonchev–Trinajstić information content (AvgIpc) is 3.11. The number of ketones is 1. The van der Waals surface area contributed by atoms with Crippen molar-refractivity contribution in [1.82, 2.24) is 5.32 Å². The second kappa shape index (κ2) is 9.37. The lowest BCUT2D eigenvalue weighted by Gasteiger charge is -2.62. The van der Waals surface area contributed by atoms with E-state index in [4.69, 9.17) is 4.74 Å². The highest BCUT2D eigenvalue weighted by Crippen LogP contribution is 2.70. The van der Waals surface area contributed by atoms with E-state index >= 15 is 4.39 Å². The van der Waals surface area contributed by atoms with Gasteiger partial charge in [0.2, 0.25) is 0 Å². The summed E-state index contributed by atoms with van der Waals surface area (Å²) < 4.78 is 22.3. The number of aliphatic hydroxyl groups is 2. The summed E-state index contributed by atoms with van der Waals surface area (Å²) in [5.41, 5.74) is -4.80. The molecular formula is C31H38FNO6. The summed E-state index contributed by atoms with van der Waals surface area (Å²) in [6, 6.07) is 8.17. The van der Waals surface area contributed by atoms with Crippen molar-refractivity contribution in [2.75, 3.05) is 7.11 Å². The monoisotopic (exact) mass is 539 g/mol. The van der Waals surface area contributed by atoms with Gasteiger partial charge in [0.25, 0.3) is 5.91 Å². The number of carbonyl (C=O) groups is 3. The Morgan fingerprint density at radius 2 is 1.90 bits per heavy atom. The van der Waals surface area contributed by atoms with E-state index in [1.54, 1.807) is 26.8 Å². The van der Waals surface area contributed by atoms with Crippen molar-refractivity contribution in [2.45, 2.75) is 76.3 Å². The molecule has 1 unspecified atom stereocenters. The molecule has 0 saturated heterocycles. The van der Waals surface area contributed by atoms with Gasteiger partial charge in [-0.1, -0.05) is 55.8 Å². The summed E-state index contributed by atoms with van der Waals surface area (Å²) in [5.74, 6) is -3.10. The highest BCUT2D eigenvalue weighted by Gasteiger charge is 2.75. The first-order chi connectivity index (χ1) is 18.3. The molecule has 0 aromatic heterocycles. The molecule has 9 atom stereocenters. The van der Waals surface area contributed by atoms with Gasteiger partial charge in [-0.15, -0.1) is 0 Å². The highest BCUT2D eigenvalue weighted by molar-refractivity contribution is 6.01. The number of rotatable bonds is 5. The molecule has 7 nitrogen and oxygen atoms in total. The zero-order chi connectivity index (χ0) is 28.4. The molecular weight excluding hydrogens is 501 g/mol. The number of esters is 1. The molecule has 1 amide bonds. The second-order valence-corrected chi connectivity index (χ2v) is 12.4. The summed E-state index contributed by atoms with van der Waals surface area (Å²) in [6.45, 7) is 5.28. The zero-order valence-corrected chi connectivity index (χ0v) is 22.9. The SMILES string of the molecule is COC(=O)C(Cc1ccccc1)NC(=O)[C@@]1(O)[C@H](C)C[C@H]2[C@@H]3CCC4=CC(=O)C=C[C@]4(C)[C@@]3(F)[C@@H](O)C[C@@]21C. The Hall–Kier alpha value is -2.84. The molecule has 210 valence electrons. The van der Waals surface area contributed by atoms with Crippen LogP contribution in [0.1, 0.15) is 52.0 Å². The lowest BCUT2D eigenvalue weighted by Crippen LogP contribution is -2.70. The number of benzene rings is 1. The number of allylic oxidation sites excluding steroid dienone is 4. The topological polar surface area (TPSA) is 113 Å². The quantitative estimate of drug-likeness (QED) is 0.496. The first kappa shape index (κ1) is 27.7. The van der Waals surface area contributed by atoms with Gasteiger partial charge in [0.1, 0.15) is 6.04 Å². The van der Waals surface area contributed by atoms with Crippen molar-refractivity contribution in [2.24, 2.45) is 28.6 Å². The van der Waals surface area contributed by atoms with E-state index in [0.717, 1.165) is 5.56 Å². The lowest BCUT2D eigenvalue weighted by molar-refractivity contribution is -0.219. The van der Waals surface area contributed by atoms with E-state index in [1.807, 2.05) is 30.3 Å². The maximum atomic E-state index is 17.4. The van der Waals surface area contributed by atoms with Gasteiger partial charge in [-0.25, -0.2) is 9.18 Å². The molecule has 1 aromatic rings. The molecule has 8 heteroatoms. The van der Waals surface area contributed by atoms with Crippen molar-refractivity contribution in [3.05, 3.63) is 59.7 Å². The largest absolute Gasteiger partial charge is 0.467 e. The van der Waals surface area contributed by atoms with E-state index in [9.17, 15) is 24.6 Å². The third kappa shape index (κ3) is 3.78. The molecule has 4 aliphatic carbocycles. The third-order valence-corrected chi connectivity index (χ3v) is 10.6. The standard InChI is InChI=1S/C31H38FNO6/c1-18-14-23-22-11-10-20-16-21(34)12-13-28(20,2)30(22,32)25(35)17-29(23,3)31(18,38)27(37)33-24(26(36)39-4)15-19-8-6-5-7-9-19/h5-9,12-13,16,18,22-25,35,38H,10-11,14-15,17H2,1-4H3,(H,33,37)/t18-,22+,23+,24?,25+,28+,29+,30+,31+/m1/s1. The number of fused-ring (bicyclic) bond motifs is 5. The number of halogens is 1. The van der Waals surface area contributed by atoms with Gasteiger partial charge >= 0.3 is 5.97 Å². The molecule has 5 rings (SSSR count). The Labute approximate surface area is 228 Å².